The van der Waals surface area contributed by atoms with E-state index in [1.54, 1.807) is 0 Å². The Hall–Kier alpha value is -0.290. The van der Waals surface area contributed by atoms with E-state index in [0.29, 0.717) is 6.54 Å². The van der Waals surface area contributed by atoms with Crippen LogP contribution in [0.3, 0.4) is 0 Å². The number of ether oxygens (including phenoxy) is 1. The van der Waals surface area contributed by atoms with Gasteiger partial charge in [-0.15, -0.1) is 0 Å². The molecule has 0 amide bonds. The van der Waals surface area contributed by atoms with Crippen LogP contribution in [0, 0.1) is 5.41 Å². The van der Waals surface area contributed by atoms with E-state index in [4.69, 9.17) is 10.5 Å². The predicted octanol–water partition coefficient (Wildman–Crippen LogP) is 2.47. The molecule has 0 aromatic heterocycles. The molecule has 0 unspecified atom stereocenters. The zero-order valence-corrected chi connectivity index (χ0v) is 8.78. The first-order valence-corrected chi connectivity index (χ1v) is 5.32. The van der Waals surface area contributed by atoms with E-state index in [2.05, 4.69) is 0 Å². The highest BCUT2D eigenvalue weighted by atomic mass is 19.4. The monoisotopic (exact) mass is 225 g/mol. The summed E-state index contributed by atoms with van der Waals surface area (Å²) >= 11 is 0. The lowest BCUT2D eigenvalue weighted by molar-refractivity contribution is -0.181. The Morgan fingerprint density at radius 3 is 2.20 bits per heavy atom. The van der Waals surface area contributed by atoms with E-state index in [-0.39, 0.29) is 12.0 Å². The van der Waals surface area contributed by atoms with Crippen LogP contribution in [0.1, 0.15) is 32.1 Å². The summed E-state index contributed by atoms with van der Waals surface area (Å²) in [5, 5.41) is 0. The molecule has 1 rings (SSSR count). The van der Waals surface area contributed by atoms with Gasteiger partial charge < -0.3 is 10.5 Å². The molecule has 90 valence electrons. The molecule has 2 nitrogen and oxygen atoms in total. The maximum Gasteiger partial charge on any atom is 0.411 e. The van der Waals surface area contributed by atoms with Crippen LogP contribution in [0.2, 0.25) is 0 Å². The summed E-state index contributed by atoms with van der Waals surface area (Å²) in [6.07, 6.45) is 0.799. The molecular formula is C10H18F3NO. The maximum atomic E-state index is 11.9. The van der Waals surface area contributed by atoms with Crippen LogP contribution < -0.4 is 5.73 Å². The minimum atomic E-state index is -4.23. The maximum absolute atomic E-state index is 11.9. The lowest BCUT2D eigenvalue weighted by atomic mass is 9.75. The van der Waals surface area contributed by atoms with E-state index in [1.807, 2.05) is 0 Å². The van der Waals surface area contributed by atoms with Gasteiger partial charge >= 0.3 is 6.18 Å². The van der Waals surface area contributed by atoms with Gasteiger partial charge in [0.25, 0.3) is 0 Å². The SMILES string of the molecule is NCC1(COCC(F)(F)F)CCCCC1. The second-order valence-electron chi connectivity index (χ2n) is 4.37. The van der Waals surface area contributed by atoms with Crippen LogP contribution in [0.25, 0.3) is 0 Å². The minimum absolute atomic E-state index is 0.142. The van der Waals surface area contributed by atoms with Crippen molar-refractivity contribution in [2.75, 3.05) is 19.8 Å². The molecule has 0 bridgehead atoms. The second-order valence-corrected chi connectivity index (χ2v) is 4.37. The predicted molar refractivity (Wildman–Crippen MR) is 51.4 cm³/mol. The first kappa shape index (κ1) is 12.8. The van der Waals surface area contributed by atoms with Crippen molar-refractivity contribution >= 4 is 0 Å². The van der Waals surface area contributed by atoms with Crippen LogP contribution in [-0.2, 0) is 4.74 Å². The third-order valence-electron chi connectivity index (χ3n) is 3.02. The van der Waals surface area contributed by atoms with Crippen LogP contribution in [-0.4, -0.2) is 25.9 Å². The fraction of sp³-hybridized carbons (Fsp3) is 1.00. The molecule has 0 aliphatic heterocycles. The molecule has 0 saturated heterocycles. The van der Waals surface area contributed by atoms with E-state index >= 15 is 0 Å². The number of alkyl halides is 3. The Bertz CT molecular complexity index is 188. The van der Waals surface area contributed by atoms with Gasteiger partial charge in [0.2, 0.25) is 0 Å². The Kier molecular flexibility index (Phi) is 4.40. The lowest BCUT2D eigenvalue weighted by Gasteiger charge is -2.35. The van der Waals surface area contributed by atoms with Gasteiger partial charge in [-0.2, -0.15) is 13.2 Å². The standard InChI is InChI=1S/C10H18F3NO/c11-10(12,13)8-15-7-9(6-14)4-2-1-3-5-9/h1-8,14H2. The third-order valence-corrected chi connectivity index (χ3v) is 3.02. The molecule has 1 fully saturated rings. The van der Waals surface area contributed by atoms with Gasteiger partial charge in [-0.3, -0.25) is 0 Å². The number of nitrogens with two attached hydrogens (primary N) is 1. The fourth-order valence-corrected chi connectivity index (χ4v) is 2.09. The van der Waals surface area contributed by atoms with Crippen molar-refractivity contribution in [1.29, 1.82) is 0 Å². The van der Waals surface area contributed by atoms with Crippen molar-refractivity contribution in [3.05, 3.63) is 0 Å². The van der Waals surface area contributed by atoms with Crippen LogP contribution in [0.4, 0.5) is 13.2 Å². The molecule has 1 saturated carbocycles. The molecule has 1 aliphatic rings. The highest BCUT2D eigenvalue weighted by Crippen LogP contribution is 2.35. The van der Waals surface area contributed by atoms with E-state index < -0.39 is 12.8 Å². The number of rotatable bonds is 4. The molecule has 0 radical (unpaired) electrons. The normalized spacial score (nSPS) is 21.6. The molecule has 15 heavy (non-hydrogen) atoms. The summed E-state index contributed by atoms with van der Waals surface area (Å²) in [5.74, 6) is 0. The minimum Gasteiger partial charge on any atom is -0.371 e. The largest absolute Gasteiger partial charge is 0.411 e. The van der Waals surface area contributed by atoms with Crippen LogP contribution >= 0.6 is 0 Å². The number of hydrogen-bond donors (Lipinski definition) is 1. The van der Waals surface area contributed by atoms with E-state index in [9.17, 15) is 13.2 Å². The van der Waals surface area contributed by atoms with Crippen molar-refractivity contribution in [1.82, 2.24) is 0 Å². The Morgan fingerprint density at radius 1 is 1.13 bits per heavy atom. The van der Waals surface area contributed by atoms with Gasteiger partial charge in [0.15, 0.2) is 0 Å². The van der Waals surface area contributed by atoms with Crippen molar-refractivity contribution in [3.8, 4) is 0 Å². The average Bonchev–Trinajstić information content (AvgIpc) is 2.17. The summed E-state index contributed by atoms with van der Waals surface area (Å²) in [6.45, 7) is -0.595. The highest BCUT2D eigenvalue weighted by Gasteiger charge is 2.33. The molecular weight excluding hydrogens is 207 g/mol. The summed E-state index contributed by atoms with van der Waals surface area (Å²) in [4.78, 5) is 0. The first-order valence-electron chi connectivity index (χ1n) is 5.32. The van der Waals surface area contributed by atoms with Gasteiger partial charge in [-0.1, -0.05) is 19.3 Å². The van der Waals surface area contributed by atoms with Gasteiger partial charge in [0.05, 0.1) is 6.61 Å². The first-order chi connectivity index (χ1) is 6.97. The molecule has 2 N–H and O–H groups in total. The third kappa shape index (κ3) is 4.38. The van der Waals surface area contributed by atoms with E-state index in [1.165, 1.54) is 0 Å². The zero-order valence-electron chi connectivity index (χ0n) is 8.78. The van der Waals surface area contributed by atoms with Crippen LogP contribution in [0.15, 0.2) is 0 Å². The molecule has 0 spiro atoms. The lowest BCUT2D eigenvalue weighted by Crippen LogP contribution is -2.38. The van der Waals surface area contributed by atoms with Crippen molar-refractivity contribution < 1.29 is 17.9 Å². The molecule has 0 heterocycles. The highest BCUT2D eigenvalue weighted by molar-refractivity contribution is 4.83. The Balaban J connectivity index is 2.33. The topological polar surface area (TPSA) is 35.2 Å². The Morgan fingerprint density at radius 2 is 1.73 bits per heavy atom. The summed E-state index contributed by atoms with van der Waals surface area (Å²) in [6, 6.07) is 0. The summed E-state index contributed by atoms with van der Waals surface area (Å²) < 4.78 is 40.4. The molecule has 0 aromatic carbocycles. The van der Waals surface area contributed by atoms with Crippen molar-refractivity contribution in [2.45, 2.75) is 38.3 Å². The van der Waals surface area contributed by atoms with Gasteiger partial charge in [0.1, 0.15) is 6.61 Å². The summed E-state index contributed by atoms with van der Waals surface area (Å²) in [7, 11) is 0. The van der Waals surface area contributed by atoms with Gasteiger partial charge in [-0.25, -0.2) is 0 Å². The smallest absolute Gasteiger partial charge is 0.371 e. The molecule has 1 aliphatic carbocycles. The molecule has 0 aromatic rings. The fourth-order valence-electron chi connectivity index (χ4n) is 2.09. The van der Waals surface area contributed by atoms with Gasteiger partial charge in [0, 0.05) is 12.0 Å². The second kappa shape index (κ2) is 5.16. The van der Waals surface area contributed by atoms with Crippen molar-refractivity contribution in [3.63, 3.8) is 0 Å². The van der Waals surface area contributed by atoms with E-state index in [0.717, 1.165) is 32.1 Å². The van der Waals surface area contributed by atoms with Crippen LogP contribution in [0.5, 0.6) is 0 Å². The number of halogens is 3. The average molecular weight is 225 g/mol. The summed E-state index contributed by atoms with van der Waals surface area (Å²) in [5.41, 5.74) is 5.42. The van der Waals surface area contributed by atoms with Crippen molar-refractivity contribution in [2.24, 2.45) is 11.1 Å². The van der Waals surface area contributed by atoms with Gasteiger partial charge in [-0.05, 0) is 12.8 Å². The Labute approximate surface area is 88.0 Å². The number of hydrogen-bond acceptors (Lipinski definition) is 2. The quantitative estimate of drug-likeness (QED) is 0.797. The zero-order chi connectivity index (χ0) is 11.4. The molecule has 5 heteroatoms. The molecule has 0 atom stereocenters.